The van der Waals surface area contributed by atoms with Crippen LogP contribution in [0.1, 0.15) is 64.9 Å². The number of methoxy groups -OCH3 is 1. The van der Waals surface area contributed by atoms with Crippen molar-refractivity contribution in [3.63, 3.8) is 0 Å². The minimum absolute atomic E-state index is 0.0647. The molecule has 0 saturated carbocycles. The molecule has 0 radical (unpaired) electrons. The minimum atomic E-state index is -0.360. The van der Waals surface area contributed by atoms with E-state index in [9.17, 15) is 9.59 Å². The molecule has 0 bridgehead atoms. The molecule has 0 spiro atoms. The van der Waals surface area contributed by atoms with E-state index in [4.69, 9.17) is 9.72 Å². The molecule has 0 aliphatic heterocycles. The van der Waals surface area contributed by atoms with Crippen molar-refractivity contribution < 1.29 is 14.3 Å². The smallest absolute Gasteiger partial charge is 0.243 e. The van der Waals surface area contributed by atoms with Crippen LogP contribution in [0.3, 0.4) is 0 Å². The zero-order chi connectivity index (χ0) is 25.5. The number of nitrogens with zero attached hydrogens (tertiary/aromatic N) is 3. The first-order valence-corrected chi connectivity index (χ1v) is 12.5. The van der Waals surface area contributed by atoms with E-state index in [2.05, 4.69) is 33.0 Å². The molecule has 7 heteroatoms. The summed E-state index contributed by atoms with van der Waals surface area (Å²) in [7, 11) is 1.62. The summed E-state index contributed by atoms with van der Waals surface area (Å²) in [6.07, 6.45) is 2.04. The third-order valence-corrected chi connectivity index (χ3v) is 6.69. The van der Waals surface area contributed by atoms with Gasteiger partial charge in [-0.3, -0.25) is 9.59 Å². The average Bonchev–Trinajstić information content (AvgIpc) is 3.22. The van der Waals surface area contributed by atoms with Crippen molar-refractivity contribution >= 4 is 22.8 Å². The van der Waals surface area contributed by atoms with Gasteiger partial charge in [-0.25, -0.2) is 4.98 Å². The van der Waals surface area contributed by atoms with Crippen molar-refractivity contribution in [2.24, 2.45) is 0 Å². The van der Waals surface area contributed by atoms with E-state index in [1.807, 2.05) is 64.9 Å². The highest BCUT2D eigenvalue weighted by Gasteiger charge is 2.26. The Balaban J connectivity index is 1.84. The second-order valence-corrected chi connectivity index (χ2v) is 9.17. The first-order valence-electron chi connectivity index (χ1n) is 12.5. The summed E-state index contributed by atoms with van der Waals surface area (Å²) in [6.45, 7) is 10.5. The molecule has 35 heavy (non-hydrogen) atoms. The van der Waals surface area contributed by atoms with E-state index in [1.54, 1.807) is 7.11 Å². The van der Waals surface area contributed by atoms with E-state index in [1.165, 1.54) is 0 Å². The molecule has 3 atom stereocenters. The lowest BCUT2D eigenvalue weighted by Gasteiger charge is -2.34. The Morgan fingerprint density at radius 2 is 1.63 bits per heavy atom. The second kappa shape index (κ2) is 11.9. The van der Waals surface area contributed by atoms with Crippen LogP contribution in [0.25, 0.3) is 11.0 Å². The lowest BCUT2D eigenvalue weighted by Crippen LogP contribution is -2.46. The third kappa shape index (κ3) is 6.21. The van der Waals surface area contributed by atoms with Crippen LogP contribution in [0, 0.1) is 0 Å². The quantitative estimate of drug-likeness (QED) is 0.426. The maximum absolute atomic E-state index is 13.5. The van der Waals surface area contributed by atoms with E-state index < -0.39 is 0 Å². The molecule has 7 nitrogen and oxygen atoms in total. The maximum atomic E-state index is 13.5. The predicted molar refractivity (Wildman–Crippen MR) is 139 cm³/mol. The summed E-state index contributed by atoms with van der Waals surface area (Å²) in [4.78, 5) is 33.1. The number of amides is 2. The average molecular weight is 479 g/mol. The van der Waals surface area contributed by atoms with Crippen LogP contribution < -0.4 is 10.1 Å². The van der Waals surface area contributed by atoms with E-state index in [0.717, 1.165) is 35.2 Å². The number of imidazole rings is 1. The van der Waals surface area contributed by atoms with Crippen LogP contribution >= 0.6 is 0 Å². The summed E-state index contributed by atoms with van der Waals surface area (Å²) in [5.74, 6) is 1.39. The van der Waals surface area contributed by atoms with Crippen molar-refractivity contribution in [1.82, 2.24) is 19.8 Å². The number of aromatic nitrogens is 2. The maximum Gasteiger partial charge on any atom is 0.243 e. The van der Waals surface area contributed by atoms with Crippen LogP contribution in [0.15, 0.2) is 48.5 Å². The van der Waals surface area contributed by atoms with Gasteiger partial charge in [0.2, 0.25) is 11.8 Å². The SMILES string of the molecule is CCC(C)N(C(=O)Cn1c(C(C)NC(=O)Cc2ccc(OC)cc2)nc2ccccc21)C(C)CC. The minimum Gasteiger partial charge on any atom is -0.497 e. The predicted octanol–water partition coefficient (Wildman–Crippen LogP) is 4.89. The molecule has 3 aromatic rings. The fourth-order valence-electron chi connectivity index (χ4n) is 4.41. The van der Waals surface area contributed by atoms with Gasteiger partial charge in [0.1, 0.15) is 18.1 Å². The lowest BCUT2D eigenvalue weighted by molar-refractivity contribution is -0.136. The van der Waals surface area contributed by atoms with Crippen molar-refractivity contribution in [2.45, 2.75) is 78.6 Å². The molecule has 3 rings (SSSR count). The van der Waals surface area contributed by atoms with Gasteiger partial charge >= 0.3 is 0 Å². The largest absolute Gasteiger partial charge is 0.497 e. The van der Waals surface area contributed by atoms with E-state index in [-0.39, 0.29) is 42.9 Å². The van der Waals surface area contributed by atoms with E-state index >= 15 is 0 Å². The highest BCUT2D eigenvalue weighted by molar-refractivity contribution is 5.82. The first-order chi connectivity index (χ1) is 16.8. The molecule has 2 aromatic carbocycles. The number of hydrogen-bond acceptors (Lipinski definition) is 4. The molecule has 1 aromatic heterocycles. The summed E-state index contributed by atoms with van der Waals surface area (Å²) in [5.41, 5.74) is 2.60. The molecule has 2 amide bonds. The standard InChI is InChI=1S/C28H38N4O3/c1-7-19(3)32(20(4)8-2)27(34)18-31-25-12-10-9-11-24(25)30-28(31)21(5)29-26(33)17-22-13-15-23(35-6)16-14-22/h9-16,19-21H,7-8,17-18H2,1-6H3,(H,29,33). The summed E-state index contributed by atoms with van der Waals surface area (Å²) in [6, 6.07) is 15.2. The van der Waals surface area contributed by atoms with Crippen LogP contribution in [-0.4, -0.2) is 45.5 Å². The number of carbonyl (C=O) groups is 2. The van der Waals surface area contributed by atoms with Crippen LogP contribution in [-0.2, 0) is 22.6 Å². The fraction of sp³-hybridized carbons (Fsp3) is 0.464. The van der Waals surface area contributed by atoms with E-state index in [0.29, 0.717) is 5.82 Å². The van der Waals surface area contributed by atoms with Gasteiger partial charge in [-0.1, -0.05) is 38.1 Å². The Labute approximate surface area is 208 Å². The molecule has 1 heterocycles. The Bertz CT molecular complexity index is 1130. The van der Waals surface area contributed by atoms with Crippen molar-refractivity contribution in [3.8, 4) is 5.75 Å². The number of fused-ring (bicyclic) bond motifs is 1. The zero-order valence-corrected chi connectivity index (χ0v) is 21.7. The van der Waals surface area contributed by atoms with Gasteiger partial charge < -0.3 is 19.5 Å². The summed E-state index contributed by atoms with van der Waals surface area (Å²) in [5, 5.41) is 3.07. The van der Waals surface area contributed by atoms with Gasteiger partial charge in [0.05, 0.1) is 30.6 Å². The van der Waals surface area contributed by atoms with Gasteiger partial charge in [-0.2, -0.15) is 0 Å². The lowest BCUT2D eigenvalue weighted by atomic mass is 10.1. The molecule has 0 aliphatic carbocycles. The number of nitrogens with one attached hydrogen (secondary N) is 1. The molecule has 0 saturated heterocycles. The number of carbonyl (C=O) groups excluding carboxylic acids is 2. The first kappa shape index (κ1) is 26.3. The van der Waals surface area contributed by atoms with Crippen LogP contribution in [0.4, 0.5) is 0 Å². The number of rotatable bonds is 11. The molecule has 188 valence electrons. The molecule has 3 unspecified atom stereocenters. The van der Waals surface area contributed by atoms with Gasteiger partial charge in [0, 0.05) is 12.1 Å². The fourth-order valence-corrected chi connectivity index (χ4v) is 4.41. The normalized spacial score (nSPS) is 13.8. The Morgan fingerprint density at radius 3 is 2.23 bits per heavy atom. The van der Waals surface area contributed by atoms with Crippen LogP contribution in [0.5, 0.6) is 5.75 Å². The van der Waals surface area contributed by atoms with Gasteiger partial charge in [-0.15, -0.1) is 0 Å². The number of ether oxygens (including phenoxy) is 1. The van der Waals surface area contributed by atoms with Gasteiger partial charge in [0.25, 0.3) is 0 Å². The van der Waals surface area contributed by atoms with Gasteiger partial charge in [-0.05, 0) is 63.4 Å². The summed E-state index contributed by atoms with van der Waals surface area (Å²) < 4.78 is 7.14. The van der Waals surface area contributed by atoms with Gasteiger partial charge in [0.15, 0.2) is 0 Å². The Hall–Kier alpha value is -3.35. The molecule has 0 fully saturated rings. The van der Waals surface area contributed by atoms with Crippen molar-refractivity contribution in [1.29, 1.82) is 0 Å². The summed E-state index contributed by atoms with van der Waals surface area (Å²) >= 11 is 0. The highest BCUT2D eigenvalue weighted by Crippen LogP contribution is 2.23. The Kier molecular flexibility index (Phi) is 8.90. The number of benzene rings is 2. The number of para-hydroxylation sites is 2. The second-order valence-electron chi connectivity index (χ2n) is 9.17. The molecule has 1 N–H and O–H groups in total. The third-order valence-electron chi connectivity index (χ3n) is 6.69. The molecular weight excluding hydrogens is 440 g/mol. The van der Waals surface area contributed by atoms with Crippen LogP contribution in [0.2, 0.25) is 0 Å². The van der Waals surface area contributed by atoms with Crippen molar-refractivity contribution in [3.05, 3.63) is 59.9 Å². The number of hydrogen-bond donors (Lipinski definition) is 1. The molecule has 0 aliphatic rings. The zero-order valence-electron chi connectivity index (χ0n) is 21.7. The Morgan fingerprint density at radius 1 is 1.00 bits per heavy atom. The highest BCUT2D eigenvalue weighted by atomic mass is 16.5. The molecular formula is C28H38N4O3. The topological polar surface area (TPSA) is 76.5 Å². The van der Waals surface area contributed by atoms with Crippen molar-refractivity contribution in [2.75, 3.05) is 7.11 Å². The monoisotopic (exact) mass is 478 g/mol.